The first-order valence-electron chi connectivity index (χ1n) is 5.15. The van der Waals surface area contributed by atoms with Gasteiger partial charge >= 0.3 is 5.97 Å². The highest BCUT2D eigenvalue weighted by molar-refractivity contribution is 5.82. The summed E-state index contributed by atoms with van der Waals surface area (Å²) in [6, 6.07) is 0.524. The molecule has 0 aromatic heterocycles. The van der Waals surface area contributed by atoms with E-state index in [-0.39, 0.29) is 5.97 Å². The molecule has 1 aliphatic rings. The molecule has 0 bridgehead atoms. The van der Waals surface area contributed by atoms with Crippen molar-refractivity contribution in [2.45, 2.75) is 33.2 Å². The van der Waals surface area contributed by atoms with Crippen molar-refractivity contribution in [3.05, 3.63) is 11.8 Å². The predicted molar refractivity (Wildman–Crippen MR) is 55.7 cm³/mol. The normalized spacial score (nSPS) is 29.7. The second kappa shape index (κ2) is 4.49. The van der Waals surface area contributed by atoms with Gasteiger partial charge in [-0.05, 0) is 26.2 Å². The van der Waals surface area contributed by atoms with Gasteiger partial charge in [0.15, 0.2) is 0 Å². The Hall–Kier alpha value is -0.990. The van der Waals surface area contributed by atoms with Crippen LogP contribution < -0.4 is 0 Å². The van der Waals surface area contributed by atoms with Crippen molar-refractivity contribution >= 4 is 5.97 Å². The minimum absolute atomic E-state index is 0.250. The van der Waals surface area contributed by atoms with Crippen LogP contribution in [0.4, 0.5) is 0 Å². The van der Waals surface area contributed by atoms with Gasteiger partial charge in [0, 0.05) is 24.4 Å². The molecule has 80 valence electrons. The van der Waals surface area contributed by atoms with E-state index in [2.05, 4.69) is 30.4 Å². The van der Waals surface area contributed by atoms with Crippen molar-refractivity contribution in [2.75, 3.05) is 13.7 Å². The lowest BCUT2D eigenvalue weighted by molar-refractivity contribution is -0.134. The summed E-state index contributed by atoms with van der Waals surface area (Å²) in [5, 5.41) is 0. The first-order valence-corrected chi connectivity index (χ1v) is 5.15. The van der Waals surface area contributed by atoms with E-state index >= 15 is 0 Å². The molecule has 0 amide bonds. The molecule has 0 saturated carbocycles. The molecule has 0 aromatic rings. The maximum absolute atomic E-state index is 11.1. The molecule has 2 atom stereocenters. The van der Waals surface area contributed by atoms with Gasteiger partial charge in [-0.3, -0.25) is 0 Å². The molecular formula is C11H19NO2. The fourth-order valence-electron chi connectivity index (χ4n) is 2.01. The van der Waals surface area contributed by atoms with Gasteiger partial charge in [-0.15, -0.1) is 0 Å². The topological polar surface area (TPSA) is 29.5 Å². The number of rotatable bonds is 2. The number of likely N-dealkylation sites (tertiary alicyclic amines) is 1. The van der Waals surface area contributed by atoms with Gasteiger partial charge in [0.25, 0.3) is 0 Å². The van der Waals surface area contributed by atoms with Crippen LogP contribution in [0.1, 0.15) is 27.2 Å². The van der Waals surface area contributed by atoms with Crippen molar-refractivity contribution < 1.29 is 9.53 Å². The molecule has 1 fully saturated rings. The van der Waals surface area contributed by atoms with Crippen molar-refractivity contribution in [3.8, 4) is 0 Å². The van der Waals surface area contributed by atoms with Gasteiger partial charge in [0.2, 0.25) is 0 Å². The van der Waals surface area contributed by atoms with Crippen LogP contribution in [0.2, 0.25) is 0 Å². The van der Waals surface area contributed by atoms with Crippen molar-refractivity contribution in [1.29, 1.82) is 0 Å². The summed E-state index contributed by atoms with van der Waals surface area (Å²) >= 11 is 0. The van der Waals surface area contributed by atoms with E-state index in [1.54, 1.807) is 6.08 Å². The highest BCUT2D eigenvalue weighted by Gasteiger charge is 2.30. The zero-order valence-electron chi connectivity index (χ0n) is 9.41. The average Bonchev–Trinajstić information content (AvgIpc) is 2.42. The third-order valence-electron chi connectivity index (χ3n) is 3.04. The van der Waals surface area contributed by atoms with Crippen LogP contribution in [0, 0.1) is 5.92 Å². The third kappa shape index (κ3) is 2.08. The molecule has 0 unspecified atom stereocenters. The SMILES string of the molecule is CCN1/C(=C/C(=O)OC)C[C@@H](C)[C@H]1C. The molecule has 1 saturated heterocycles. The third-order valence-corrected chi connectivity index (χ3v) is 3.04. The Morgan fingerprint density at radius 1 is 1.64 bits per heavy atom. The average molecular weight is 197 g/mol. The van der Waals surface area contributed by atoms with Crippen LogP contribution in [-0.4, -0.2) is 30.6 Å². The van der Waals surface area contributed by atoms with Crippen LogP contribution in [0.15, 0.2) is 11.8 Å². The van der Waals surface area contributed by atoms with Gasteiger partial charge in [-0.2, -0.15) is 0 Å². The number of allylic oxidation sites excluding steroid dienone is 1. The lowest BCUT2D eigenvalue weighted by Gasteiger charge is -2.24. The number of carbonyl (C=O) groups is 1. The van der Waals surface area contributed by atoms with Crippen LogP contribution in [0.3, 0.4) is 0 Å². The summed E-state index contributed by atoms with van der Waals surface area (Å²) in [7, 11) is 1.41. The van der Waals surface area contributed by atoms with Gasteiger partial charge in [-0.25, -0.2) is 4.79 Å². The van der Waals surface area contributed by atoms with Crippen molar-refractivity contribution in [1.82, 2.24) is 4.90 Å². The van der Waals surface area contributed by atoms with Crippen LogP contribution >= 0.6 is 0 Å². The molecule has 14 heavy (non-hydrogen) atoms. The van der Waals surface area contributed by atoms with E-state index in [4.69, 9.17) is 0 Å². The summed E-state index contributed by atoms with van der Waals surface area (Å²) in [4.78, 5) is 13.4. The largest absolute Gasteiger partial charge is 0.466 e. The van der Waals surface area contributed by atoms with E-state index < -0.39 is 0 Å². The van der Waals surface area contributed by atoms with E-state index in [0.717, 1.165) is 18.7 Å². The Bertz CT molecular complexity index is 248. The molecule has 0 spiro atoms. The Kier molecular flexibility index (Phi) is 3.55. The predicted octanol–water partition coefficient (Wildman–Crippen LogP) is 1.79. The molecular weight excluding hydrogens is 178 g/mol. The summed E-state index contributed by atoms with van der Waals surface area (Å²) in [6.07, 6.45) is 2.59. The van der Waals surface area contributed by atoms with Crippen molar-refractivity contribution in [3.63, 3.8) is 0 Å². The van der Waals surface area contributed by atoms with Crippen LogP contribution in [-0.2, 0) is 9.53 Å². The number of esters is 1. The zero-order chi connectivity index (χ0) is 10.7. The Morgan fingerprint density at radius 3 is 2.79 bits per heavy atom. The zero-order valence-corrected chi connectivity index (χ0v) is 9.41. The van der Waals surface area contributed by atoms with E-state index in [9.17, 15) is 4.79 Å². The van der Waals surface area contributed by atoms with Gasteiger partial charge in [-0.1, -0.05) is 6.92 Å². The highest BCUT2D eigenvalue weighted by atomic mass is 16.5. The number of ether oxygens (including phenoxy) is 1. The number of methoxy groups -OCH3 is 1. The molecule has 0 radical (unpaired) electrons. The summed E-state index contributed by atoms with van der Waals surface area (Å²) in [6.45, 7) is 7.48. The standard InChI is InChI=1S/C11H19NO2/c1-5-12-9(3)8(2)6-10(12)7-11(13)14-4/h7-9H,5-6H2,1-4H3/b10-7+/t8-,9-/m1/s1. The molecule has 0 aliphatic carbocycles. The molecule has 0 N–H and O–H groups in total. The number of nitrogens with zero attached hydrogens (tertiary/aromatic N) is 1. The number of carbonyl (C=O) groups excluding carboxylic acids is 1. The molecule has 1 rings (SSSR count). The van der Waals surface area contributed by atoms with Gasteiger partial charge in [0.05, 0.1) is 7.11 Å². The van der Waals surface area contributed by atoms with Crippen LogP contribution in [0.5, 0.6) is 0 Å². The molecule has 3 nitrogen and oxygen atoms in total. The second-order valence-electron chi connectivity index (χ2n) is 3.87. The minimum atomic E-state index is -0.250. The van der Waals surface area contributed by atoms with Crippen LogP contribution in [0.25, 0.3) is 0 Å². The quantitative estimate of drug-likeness (QED) is 0.499. The minimum Gasteiger partial charge on any atom is -0.466 e. The fraction of sp³-hybridized carbons (Fsp3) is 0.727. The lowest BCUT2D eigenvalue weighted by Crippen LogP contribution is -2.28. The van der Waals surface area contributed by atoms with E-state index in [1.807, 2.05) is 0 Å². The smallest absolute Gasteiger partial charge is 0.332 e. The fourth-order valence-corrected chi connectivity index (χ4v) is 2.01. The summed E-state index contributed by atoms with van der Waals surface area (Å²) < 4.78 is 4.63. The van der Waals surface area contributed by atoms with Gasteiger partial charge < -0.3 is 9.64 Å². The van der Waals surface area contributed by atoms with E-state index in [0.29, 0.717) is 12.0 Å². The molecule has 1 aliphatic heterocycles. The maximum atomic E-state index is 11.1. The number of hydrogen-bond donors (Lipinski definition) is 0. The summed E-state index contributed by atoms with van der Waals surface area (Å²) in [5.41, 5.74) is 1.11. The highest BCUT2D eigenvalue weighted by Crippen LogP contribution is 2.31. The summed E-state index contributed by atoms with van der Waals surface area (Å²) in [5.74, 6) is 0.366. The lowest BCUT2D eigenvalue weighted by atomic mass is 10.0. The Balaban J connectivity index is 2.79. The van der Waals surface area contributed by atoms with E-state index in [1.165, 1.54) is 7.11 Å². The van der Waals surface area contributed by atoms with Gasteiger partial charge in [0.1, 0.15) is 0 Å². The molecule has 0 aromatic carbocycles. The molecule has 1 heterocycles. The monoisotopic (exact) mass is 197 g/mol. The second-order valence-corrected chi connectivity index (χ2v) is 3.87. The Morgan fingerprint density at radius 2 is 2.29 bits per heavy atom. The molecule has 3 heteroatoms. The number of hydrogen-bond acceptors (Lipinski definition) is 3. The Labute approximate surface area is 85.7 Å². The first-order chi connectivity index (χ1) is 6.60. The maximum Gasteiger partial charge on any atom is 0.332 e. The first kappa shape index (κ1) is 11.1. The van der Waals surface area contributed by atoms with Crippen molar-refractivity contribution in [2.24, 2.45) is 5.92 Å².